The van der Waals surface area contributed by atoms with Crippen LogP contribution in [0.3, 0.4) is 0 Å². The van der Waals surface area contributed by atoms with E-state index in [9.17, 15) is 4.79 Å². The number of nitrogens with one attached hydrogen (secondary N) is 1. The average molecular weight is 336 g/mol. The van der Waals surface area contributed by atoms with Gasteiger partial charge in [-0.05, 0) is 6.42 Å². The molecule has 0 bridgehead atoms. The van der Waals surface area contributed by atoms with E-state index in [1.54, 1.807) is 0 Å². The van der Waals surface area contributed by atoms with Gasteiger partial charge in [0.05, 0.1) is 0 Å². The van der Waals surface area contributed by atoms with E-state index in [0.717, 1.165) is 6.42 Å². The van der Waals surface area contributed by atoms with Crippen molar-refractivity contribution in [2.45, 2.75) is 19.8 Å². The molecule has 0 unspecified atom stereocenters. The summed E-state index contributed by atoms with van der Waals surface area (Å²) in [6.07, 6.45) is 1.20. The number of amides is 1. The third kappa shape index (κ3) is 27.8. The first-order chi connectivity index (χ1) is 2.77. The summed E-state index contributed by atoms with van der Waals surface area (Å²) in [4.78, 5) is 9.71. The maximum atomic E-state index is 9.71. The largest absolute Gasteiger partial charge is 1.00 e. The molecule has 0 aromatic heterocycles. The van der Waals surface area contributed by atoms with Gasteiger partial charge in [0.2, 0.25) is 0 Å². The van der Waals surface area contributed by atoms with E-state index in [1.165, 1.54) is 0 Å². The molecule has 2 nitrogen and oxygen atoms in total. The van der Waals surface area contributed by atoms with Crippen LogP contribution in [-0.2, 0) is 30.6 Å². The molecule has 0 fully saturated rings. The van der Waals surface area contributed by atoms with Crippen LogP contribution in [0.5, 0.6) is 0 Å². The molecule has 0 spiro atoms. The summed E-state index contributed by atoms with van der Waals surface area (Å²) in [5.74, 6) is -0.461. The normalized spacial score (nSPS) is 5.44. The van der Waals surface area contributed by atoms with Crippen LogP contribution in [0.1, 0.15) is 19.8 Å². The fourth-order valence-electron chi connectivity index (χ4n) is 0.227. The summed E-state index contributed by atoms with van der Waals surface area (Å²) in [5, 5.41) is 0. The van der Waals surface area contributed by atoms with Gasteiger partial charge in [0, 0.05) is 31.8 Å². The van der Waals surface area contributed by atoms with Gasteiger partial charge < -0.3 is 35.3 Å². The molecule has 0 atom stereocenters. The van der Waals surface area contributed by atoms with Crippen LogP contribution in [0.4, 0.5) is 0 Å². The van der Waals surface area contributed by atoms with Crippen molar-refractivity contribution in [3.05, 3.63) is 5.73 Å². The van der Waals surface area contributed by atoms with E-state index in [0.29, 0.717) is 6.42 Å². The SMILES string of the molecule is CCCC([NH-])=O.[Cl-].[Cl-].[Hf]. The van der Waals surface area contributed by atoms with E-state index in [4.69, 9.17) is 5.73 Å². The zero-order valence-corrected chi connectivity index (χ0v) is 10.2. The summed E-state index contributed by atoms with van der Waals surface area (Å²) >= 11 is 0. The molecule has 0 saturated carbocycles. The van der Waals surface area contributed by atoms with Gasteiger partial charge in [-0.2, -0.15) is 0 Å². The summed E-state index contributed by atoms with van der Waals surface area (Å²) in [7, 11) is 0. The van der Waals surface area contributed by atoms with Crippen LogP contribution in [-0.4, -0.2) is 5.91 Å². The van der Waals surface area contributed by atoms with Crippen molar-refractivity contribution in [2.75, 3.05) is 0 Å². The van der Waals surface area contributed by atoms with Crippen LogP contribution < -0.4 is 24.8 Å². The topological polar surface area (TPSA) is 40.9 Å². The Bertz CT molecular complexity index is 62.5. The van der Waals surface area contributed by atoms with E-state index in [2.05, 4.69) is 0 Å². The molecule has 0 aromatic carbocycles. The Morgan fingerprint density at radius 3 is 1.78 bits per heavy atom. The van der Waals surface area contributed by atoms with E-state index < -0.39 is 5.91 Å². The molecular formula is C4H8Cl2HfNO-3. The van der Waals surface area contributed by atoms with E-state index in [1.807, 2.05) is 6.92 Å². The molecule has 0 aliphatic carbocycles. The maximum Gasteiger partial charge on any atom is 0.0487 e. The van der Waals surface area contributed by atoms with Gasteiger partial charge >= 0.3 is 0 Å². The number of hydrogen-bond acceptors (Lipinski definition) is 1. The first kappa shape index (κ1) is 22.5. The number of carbonyl (C=O) groups excluding carboxylic acids is 1. The minimum Gasteiger partial charge on any atom is -1.00 e. The van der Waals surface area contributed by atoms with Crippen LogP contribution in [0.15, 0.2) is 0 Å². The zero-order valence-electron chi connectivity index (χ0n) is 5.08. The van der Waals surface area contributed by atoms with Crippen molar-refractivity contribution in [3.8, 4) is 0 Å². The minimum absolute atomic E-state index is 0. The first-order valence-corrected chi connectivity index (χ1v) is 2.01. The maximum absolute atomic E-state index is 9.71. The number of rotatable bonds is 2. The summed E-state index contributed by atoms with van der Waals surface area (Å²) in [5.41, 5.74) is 6.34. The van der Waals surface area contributed by atoms with Crippen molar-refractivity contribution < 1.29 is 55.5 Å². The molecule has 0 heterocycles. The standard InChI is InChI=1S/C4H9NO.2ClH.Hf/c1-2-3-4(5)6;;;/h2-3H2,1H3,(H2,5,6);2*1H;/p-3. The second-order valence-electron chi connectivity index (χ2n) is 1.17. The van der Waals surface area contributed by atoms with Crippen molar-refractivity contribution >= 4 is 5.91 Å². The zero-order chi connectivity index (χ0) is 4.99. The smallest absolute Gasteiger partial charge is 0.0487 e. The fourth-order valence-corrected chi connectivity index (χ4v) is 0.227. The second-order valence-corrected chi connectivity index (χ2v) is 1.17. The molecule has 1 amide bonds. The monoisotopic (exact) mass is 336 g/mol. The Morgan fingerprint density at radius 1 is 1.44 bits per heavy atom. The van der Waals surface area contributed by atoms with Crippen LogP contribution in [0.25, 0.3) is 5.73 Å². The Hall–Kier alpha value is 0.920. The van der Waals surface area contributed by atoms with Crippen LogP contribution in [0.2, 0.25) is 0 Å². The van der Waals surface area contributed by atoms with Gasteiger partial charge in [0.15, 0.2) is 0 Å². The van der Waals surface area contributed by atoms with Crippen molar-refractivity contribution in [2.24, 2.45) is 0 Å². The molecule has 0 aromatic rings. The molecule has 0 radical (unpaired) electrons. The van der Waals surface area contributed by atoms with E-state index >= 15 is 0 Å². The molecule has 56 valence electrons. The van der Waals surface area contributed by atoms with Gasteiger partial charge in [-0.1, -0.05) is 13.3 Å². The van der Waals surface area contributed by atoms with Gasteiger partial charge in [-0.25, -0.2) is 0 Å². The van der Waals surface area contributed by atoms with Gasteiger partial charge in [-0.15, -0.1) is 0 Å². The Labute approximate surface area is 86.5 Å². The molecule has 9 heavy (non-hydrogen) atoms. The quantitative estimate of drug-likeness (QED) is 0.468. The second kappa shape index (κ2) is 16.0. The van der Waals surface area contributed by atoms with E-state index in [-0.39, 0.29) is 50.7 Å². The summed E-state index contributed by atoms with van der Waals surface area (Å²) < 4.78 is 0. The Morgan fingerprint density at radius 2 is 1.78 bits per heavy atom. The third-order valence-corrected chi connectivity index (χ3v) is 0.477. The van der Waals surface area contributed by atoms with Gasteiger partial charge in [-0.3, -0.25) is 0 Å². The molecule has 5 heteroatoms. The Kier molecular flexibility index (Phi) is 40.0. The fraction of sp³-hybridized carbons (Fsp3) is 0.750. The van der Waals surface area contributed by atoms with Crippen LogP contribution >= 0.6 is 0 Å². The number of hydrogen-bond donors (Lipinski definition) is 0. The molecular weight excluding hydrogens is 327 g/mol. The molecule has 0 aliphatic heterocycles. The van der Waals surface area contributed by atoms with Gasteiger partial charge in [0.1, 0.15) is 0 Å². The van der Waals surface area contributed by atoms with Crippen molar-refractivity contribution in [1.29, 1.82) is 0 Å². The average Bonchev–Trinajstić information content (AvgIpc) is 1.35. The first-order valence-electron chi connectivity index (χ1n) is 2.01. The summed E-state index contributed by atoms with van der Waals surface area (Å²) in [6.45, 7) is 1.88. The number of halogens is 2. The van der Waals surface area contributed by atoms with Gasteiger partial charge in [0.25, 0.3) is 0 Å². The molecule has 0 saturated heterocycles. The predicted octanol–water partition coefficient (Wildman–Crippen LogP) is -4.63. The molecule has 1 N–H and O–H groups in total. The predicted molar refractivity (Wildman–Crippen MR) is 24.2 cm³/mol. The van der Waals surface area contributed by atoms with Crippen molar-refractivity contribution in [1.82, 2.24) is 0 Å². The minimum atomic E-state index is -0.461. The third-order valence-electron chi connectivity index (χ3n) is 0.477. The van der Waals surface area contributed by atoms with Crippen molar-refractivity contribution in [3.63, 3.8) is 0 Å². The number of carbonyl (C=O) groups is 1. The van der Waals surface area contributed by atoms with Crippen LogP contribution in [0, 0.1) is 0 Å². The molecule has 0 rings (SSSR count). The summed E-state index contributed by atoms with van der Waals surface area (Å²) in [6, 6.07) is 0. The molecule has 0 aliphatic rings. The Balaban J connectivity index is -0.0000000417.